The summed E-state index contributed by atoms with van der Waals surface area (Å²) in [6.45, 7) is 2.14. The molecule has 1 saturated heterocycles. The number of rotatable bonds is 8. The van der Waals surface area contributed by atoms with Gasteiger partial charge in [0.15, 0.2) is 6.29 Å². The van der Waals surface area contributed by atoms with E-state index in [9.17, 15) is 15.3 Å². The fourth-order valence-electron chi connectivity index (χ4n) is 2.11. The van der Waals surface area contributed by atoms with Gasteiger partial charge in [-0.05, 0) is 6.42 Å². The highest BCUT2D eigenvalue weighted by Gasteiger charge is 2.43. The van der Waals surface area contributed by atoms with Crippen LogP contribution in [0.4, 0.5) is 0 Å². The first-order valence-electron chi connectivity index (χ1n) is 7.04. The van der Waals surface area contributed by atoms with Gasteiger partial charge in [-0.1, -0.05) is 32.6 Å². The summed E-state index contributed by atoms with van der Waals surface area (Å²) in [4.78, 5) is 0. The molecule has 0 aromatic rings. The maximum Gasteiger partial charge on any atom is 0.186 e. The molecule has 1 heterocycles. The predicted molar refractivity (Wildman–Crippen MR) is 68.5 cm³/mol. The molecule has 5 atom stereocenters. The van der Waals surface area contributed by atoms with E-state index in [0.29, 0.717) is 6.61 Å². The standard InChI is InChI=1S/C13H26O6/c1-2-3-4-5-6-7-18-13-12(17)11(16)10(15)9(8-14)19-13/h9-17H,2-8H2,1H3/t9-,10-,11-,12+,13+/m1/s1. The molecular weight excluding hydrogens is 252 g/mol. The molecule has 0 saturated carbocycles. The van der Waals surface area contributed by atoms with Gasteiger partial charge in [-0.25, -0.2) is 0 Å². The number of hydrogen-bond donors (Lipinski definition) is 4. The van der Waals surface area contributed by atoms with E-state index < -0.39 is 37.3 Å². The van der Waals surface area contributed by atoms with Crippen molar-refractivity contribution in [2.24, 2.45) is 0 Å². The molecule has 1 aliphatic heterocycles. The summed E-state index contributed by atoms with van der Waals surface area (Å²) >= 11 is 0. The Kier molecular flexibility index (Phi) is 7.82. The molecule has 0 bridgehead atoms. The lowest BCUT2D eigenvalue weighted by atomic mass is 9.99. The molecule has 1 aliphatic rings. The van der Waals surface area contributed by atoms with Crippen LogP contribution < -0.4 is 0 Å². The summed E-state index contributed by atoms with van der Waals surface area (Å²) in [5.41, 5.74) is 0. The molecule has 0 amide bonds. The molecule has 19 heavy (non-hydrogen) atoms. The van der Waals surface area contributed by atoms with Crippen molar-refractivity contribution in [2.45, 2.75) is 69.7 Å². The lowest BCUT2D eigenvalue weighted by molar-refractivity contribution is -0.301. The van der Waals surface area contributed by atoms with Crippen LogP contribution in [0.1, 0.15) is 39.0 Å². The summed E-state index contributed by atoms with van der Waals surface area (Å²) in [6.07, 6.45) is -0.471. The van der Waals surface area contributed by atoms with E-state index in [-0.39, 0.29) is 0 Å². The Balaban J connectivity index is 2.28. The maximum atomic E-state index is 9.72. The minimum Gasteiger partial charge on any atom is -0.394 e. The largest absolute Gasteiger partial charge is 0.394 e. The van der Waals surface area contributed by atoms with Crippen LogP contribution in [-0.2, 0) is 9.47 Å². The van der Waals surface area contributed by atoms with Crippen molar-refractivity contribution < 1.29 is 29.9 Å². The van der Waals surface area contributed by atoms with E-state index in [0.717, 1.165) is 19.3 Å². The van der Waals surface area contributed by atoms with Gasteiger partial charge in [-0.2, -0.15) is 0 Å². The van der Waals surface area contributed by atoms with E-state index in [4.69, 9.17) is 14.6 Å². The fourth-order valence-corrected chi connectivity index (χ4v) is 2.11. The van der Waals surface area contributed by atoms with Gasteiger partial charge < -0.3 is 29.9 Å². The van der Waals surface area contributed by atoms with Crippen molar-refractivity contribution in [3.8, 4) is 0 Å². The Labute approximate surface area is 114 Å². The second kappa shape index (κ2) is 8.84. The highest BCUT2D eigenvalue weighted by molar-refractivity contribution is 4.88. The topological polar surface area (TPSA) is 99.4 Å². The third-order valence-corrected chi connectivity index (χ3v) is 3.38. The van der Waals surface area contributed by atoms with Gasteiger partial charge in [0.25, 0.3) is 0 Å². The second-order valence-electron chi connectivity index (χ2n) is 4.98. The maximum absolute atomic E-state index is 9.72. The van der Waals surface area contributed by atoms with Crippen LogP contribution in [0.25, 0.3) is 0 Å². The molecular formula is C13H26O6. The summed E-state index contributed by atoms with van der Waals surface area (Å²) in [5.74, 6) is 0. The van der Waals surface area contributed by atoms with Crippen molar-refractivity contribution in [1.29, 1.82) is 0 Å². The van der Waals surface area contributed by atoms with Crippen molar-refractivity contribution in [3.63, 3.8) is 0 Å². The Morgan fingerprint density at radius 3 is 2.26 bits per heavy atom. The molecule has 0 aromatic heterocycles. The normalized spacial score (nSPS) is 35.5. The van der Waals surface area contributed by atoms with Crippen LogP contribution in [-0.4, -0.2) is 64.3 Å². The molecule has 0 unspecified atom stereocenters. The van der Waals surface area contributed by atoms with Gasteiger partial charge in [0.1, 0.15) is 24.4 Å². The zero-order chi connectivity index (χ0) is 14.3. The van der Waals surface area contributed by atoms with Crippen molar-refractivity contribution in [2.75, 3.05) is 13.2 Å². The van der Waals surface area contributed by atoms with E-state index in [1.165, 1.54) is 12.8 Å². The minimum absolute atomic E-state index is 0.423. The number of aliphatic hydroxyl groups is 4. The van der Waals surface area contributed by atoms with Crippen molar-refractivity contribution in [3.05, 3.63) is 0 Å². The smallest absolute Gasteiger partial charge is 0.186 e. The highest BCUT2D eigenvalue weighted by Crippen LogP contribution is 2.22. The van der Waals surface area contributed by atoms with Gasteiger partial charge in [0.05, 0.1) is 6.61 Å². The van der Waals surface area contributed by atoms with Crippen molar-refractivity contribution in [1.82, 2.24) is 0 Å². The zero-order valence-corrected chi connectivity index (χ0v) is 11.4. The van der Waals surface area contributed by atoms with Gasteiger partial charge in [0.2, 0.25) is 0 Å². The van der Waals surface area contributed by atoms with E-state index >= 15 is 0 Å². The Bertz CT molecular complexity index is 235. The second-order valence-corrected chi connectivity index (χ2v) is 4.98. The van der Waals surface area contributed by atoms with E-state index in [1.807, 2.05) is 0 Å². The summed E-state index contributed by atoms with van der Waals surface area (Å²) in [7, 11) is 0. The summed E-state index contributed by atoms with van der Waals surface area (Å²) in [5, 5.41) is 37.9. The average Bonchev–Trinajstić information content (AvgIpc) is 2.42. The lowest BCUT2D eigenvalue weighted by Gasteiger charge is -2.39. The first-order chi connectivity index (χ1) is 9.11. The molecule has 0 aliphatic carbocycles. The molecule has 1 rings (SSSR count). The number of unbranched alkanes of at least 4 members (excludes halogenated alkanes) is 4. The lowest BCUT2D eigenvalue weighted by Crippen LogP contribution is -2.59. The molecule has 4 N–H and O–H groups in total. The van der Waals surface area contributed by atoms with Crippen LogP contribution in [0.2, 0.25) is 0 Å². The fraction of sp³-hybridized carbons (Fsp3) is 1.00. The number of hydrogen-bond acceptors (Lipinski definition) is 6. The molecule has 0 spiro atoms. The average molecular weight is 278 g/mol. The minimum atomic E-state index is -1.36. The third kappa shape index (κ3) is 4.98. The summed E-state index contributed by atoms with van der Waals surface area (Å²) < 4.78 is 10.6. The van der Waals surface area contributed by atoms with Crippen LogP contribution >= 0.6 is 0 Å². The van der Waals surface area contributed by atoms with E-state index in [2.05, 4.69) is 6.92 Å². The van der Waals surface area contributed by atoms with Crippen molar-refractivity contribution >= 4 is 0 Å². The Morgan fingerprint density at radius 1 is 0.947 bits per heavy atom. The molecule has 6 heteroatoms. The van der Waals surface area contributed by atoms with Crippen LogP contribution in [0.15, 0.2) is 0 Å². The first-order valence-corrected chi connectivity index (χ1v) is 7.04. The molecule has 114 valence electrons. The highest BCUT2D eigenvalue weighted by atomic mass is 16.7. The van der Waals surface area contributed by atoms with Gasteiger partial charge in [-0.15, -0.1) is 0 Å². The van der Waals surface area contributed by atoms with Gasteiger partial charge in [-0.3, -0.25) is 0 Å². The Hall–Kier alpha value is -0.240. The van der Waals surface area contributed by atoms with Crippen LogP contribution in [0, 0.1) is 0 Å². The number of aliphatic hydroxyl groups excluding tert-OH is 4. The quantitative estimate of drug-likeness (QED) is 0.458. The molecule has 0 aromatic carbocycles. The SMILES string of the molecule is CCCCCCCO[C@H]1O[C@H](CO)[C@@H](O)[C@@H](O)[C@@H]1O. The zero-order valence-electron chi connectivity index (χ0n) is 11.4. The van der Waals surface area contributed by atoms with E-state index in [1.54, 1.807) is 0 Å². The third-order valence-electron chi connectivity index (χ3n) is 3.38. The molecule has 0 radical (unpaired) electrons. The summed E-state index contributed by atoms with van der Waals surface area (Å²) in [6, 6.07) is 0. The van der Waals surface area contributed by atoms with Crippen LogP contribution in [0.3, 0.4) is 0 Å². The van der Waals surface area contributed by atoms with Crippen LogP contribution in [0.5, 0.6) is 0 Å². The predicted octanol–water partition coefficient (Wildman–Crippen LogP) is -0.227. The number of ether oxygens (including phenoxy) is 2. The monoisotopic (exact) mass is 278 g/mol. The molecule has 6 nitrogen and oxygen atoms in total. The Morgan fingerprint density at radius 2 is 1.63 bits per heavy atom. The van der Waals surface area contributed by atoms with Gasteiger partial charge >= 0.3 is 0 Å². The first kappa shape index (κ1) is 16.8. The molecule has 1 fully saturated rings. The van der Waals surface area contributed by atoms with Gasteiger partial charge in [0, 0.05) is 6.61 Å².